The Morgan fingerprint density at radius 1 is 1.46 bits per heavy atom. The fraction of sp³-hybridized carbons (Fsp3) is 0.300. The van der Waals surface area contributed by atoms with Gasteiger partial charge in [0.15, 0.2) is 6.29 Å². The third kappa shape index (κ3) is 2.82. The molecule has 0 unspecified atom stereocenters. The van der Waals surface area contributed by atoms with Crippen molar-refractivity contribution >= 4 is 33.8 Å². The second kappa shape index (κ2) is 5.40. The smallest absolute Gasteiger partial charge is 0.151 e. The maximum atomic E-state index is 10.6. The summed E-state index contributed by atoms with van der Waals surface area (Å²) < 4.78 is 0.898. The lowest BCUT2D eigenvalue weighted by molar-refractivity contribution is 0.112. The number of benzene rings is 1. The van der Waals surface area contributed by atoms with E-state index in [2.05, 4.69) is 15.9 Å². The van der Waals surface area contributed by atoms with Crippen molar-refractivity contribution in [3.8, 4) is 0 Å². The highest BCUT2D eigenvalue weighted by Gasteiger charge is 2.03. The largest absolute Gasteiger partial charge is 0.298 e. The van der Waals surface area contributed by atoms with Gasteiger partial charge in [-0.1, -0.05) is 18.2 Å². The minimum atomic E-state index is 0.651. The fourth-order valence-corrected chi connectivity index (χ4v) is 1.83. The molecule has 0 aliphatic rings. The second-order valence-corrected chi connectivity index (χ2v) is 3.90. The molecule has 1 nitrogen and oxygen atoms in total. The molecule has 13 heavy (non-hydrogen) atoms. The molecule has 0 amide bonds. The van der Waals surface area contributed by atoms with Crippen LogP contribution >= 0.6 is 27.5 Å². The zero-order chi connectivity index (χ0) is 9.68. The molecular formula is C10H10BrClO. The number of hydrogen-bond acceptors (Lipinski definition) is 1. The molecule has 0 spiro atoms. The molecule has 0 radical (unpaired) electrons. The van der Waals surface area contributed by atoms with Crippen molar-refractivity contribution in [1.82, 2.24) is 0 Å². The van der Waals surface area contributed by atoms with E-state index >= 15 is 0 Å². The van der Waals surface area contributed by atoms with Crippen LogP contribution in [0.4, 0.5) is 0 Å². The van der Waals surface area contributed by atoms with Gasteiger partial charge < -0.3 is 0 Å². The van der Waals surface area contributed by atoms with E-state index in [1.807, 2.05) is 12.1 Å². The van der Waals surface area contributed by atoms with Crippen LogP contribution in [0.15, 0.2) is 22.7 Å². The molecular weight excluding hydrogens is 251 g/mol. The van der Waals surface area contributed by atoms with E-state index in [0.29, 0.717) is 11.4 Å². The summed E-state index contributed by atoms with van der Waals surface area (Å²) in [5.41, 5.74) is 1.84. The average molecular weight is 262 g/mol. The maximum absolute atomic E-state index is 10.6. The number of halogens is 2. The van der Waals surface area contributed by atoms with Crippen LogP contribution in [0.3, 0.4) is 0 Å². The van der Waals surface area contributed by atoms with Crippen LogP contribution in [0.5, 0.6) is 0 Å². The number of aldehydes is 1. The number of carbonyl (C=O) groups is 1. The third-order valence-corrected chi connectivity index (χ3v) is 3.05. The van der Waals surface area contributed by atoms with Crippen molar-refractivity contribution in [3.63, 3.8) is 0 Å². The van der Waals surface area contributed by atoms with E-state index < -0.39 is 0 Å². The molecule has 0 fully saturated rings. The Morgan fingerprint density at radius 3 is 2.85 bits per heavy atom. The van der Waals surface area contributed by atoms with E-state index in [0.717, 1.165) is 29.2 Å². The fourth-order valence-electron chi connectivity index (χ4n) is 1.14. The highest BCUT2D eigenvalue weighted by molar-refractivity contribution is 9.10. The van der Waals surface area contributed by atoms with Gasteiger partial charge in [0.1, 0.15) is 0 Å². The van der Waals surface area contributed by atoms with Crippen molar-refractivity contribution in [3.05, 3.63) is 33.8 Å². The normalized spacial score (nSPS) is 10.0. The van der Waals surface area contributed by atoms with Gasteiger partial charge in [0.25, 0.3) is 0 Å². The molecule has 70 valence electrons. The van der Waals surface area contributed by atoms with Crippen LogP contribution < -0.4 is 0 Å². The van der Waals surface area contributed by atoms with Crippen molar-refractivity contribution < 1.29 is 4.79 Å². The van der Waals surface area contributed by atoms with Gasteiger partial charge in [-0.25, -0.2) is 0 Å². The standard InChI is InChI=1S/C10H10BrClO/c11-10-8(5-2-6-12)3-1-4-9(10)7-13/h1,3-4,7H,2,5-6H2. The van der Waals surface area contributed by atoms with Gasteiger partial charge in [0.05, 0.1) is 0 Å². The zero-order valence-corrected chi connectivity index (χ0v) is 9.44. The molecule has 0 aliphatic carbocycles. The van der Waals surface area contributed by atoms with Gasteiger partial charge in [-0.2, -0.15) is 0 Å². The van der Waals surface area contributed by atoms with Crippen LogP contribution in [-0.2, 0) is 6.42 Å². The lowest BCUT2D eigenvalue weighted by Crippen LogP contribution is -1.91. The van der Waals surface area contributed by atoms with Crippen LogP contribution in [-0.4, -0.2) is 12.2 Å². The Labute approximate surface area is 91.2 Å². The first kappa shape index (κ1) is 10.7. The number of alkyl halides is 1. The predicted octanol–water partition coefficient (Wildman–Crippen LogP) is 3.43. The van der Waals surface area contributed by atoms with Gasteiger partial charge in [-0.3, -0.25) is 4.79 Å². The van der Waals surface area contributed by atoms with Gasteiger partial charge >= 0.3 is 0 Å². The zero-order valence-electron chi connectivity index (χ0n) is 7.09. The molecule has 3 heteroatoms. The summed E-state index contributed by atoms with van der Waals surface area (Å²) in [5, 5.41) is 0. The molecule has 0 saturated carbocycles. The van der Waals surface area contributed by atoms with Crippen LogP contribution in [0.2, 0.25) is 0 Å². The minimum absolute atomic E-state index is 0.651. The summed E-state index contributed by atoms with van der Waals surface area (Å²) in [4.78, 5) is 10.6. The van der Waals surface area contributed by atoms with Crippen molar-refractivity contribution in [2.24, 2.45) is 0 Å². The van der Waals surface area contributed by atoms with E-state index in [1.165, 1.54) is 0 Å². The molecule has 0 bridgehead atoms. The Morgan fingerprint density at radius 2 is 2.23 bits per heavy atom. The lowest BCUT2D eigenvalue weighted by atomic mass is 10.1. The van der Waals surface area contributed by atoms with E-state index in [-0.39, 0.29) is 0 Å². The molecule has 1 aromatic rings. The molecule has 1 rings (SSSR count). The average Bonchev–Trinajstić information content (AvgIpc) is 2.16. The first-order valence-electron chi connectivity index (χ1n) is 4.08. The number of carbonyl (C=O) groups excluding carboxylic acids is 1. The van der Waals surface area contributed by atoms with Gasteiger partial charge in [-0.15, -0.1) is 11.6 Å². The van der Waals surface area contributed by atoms with E-state index in [1.54, 1.807) is 6.07 Å². The number of aryl methyl sites for hydroxylation is 1. The quantitative estimate of drug-likeness (QED) is 0.599. The van der Waals surface area contributed by atoms with E-state index in [9.17, 15) is 4.79 Å². The lowest BCUT2D eigenvalue weighted by Gasteiger charge is -2.04. The second-order valence-electron chi connectivity index (χ2n) is 2.73. The minimum Gasteiger partial charge on any atom is -0.298 e. The Balaban J connectivity index is 2.87. The van der Waals surface area contributed by atoms with Gasteiger partial charge in [0, 0.05) is 15.9 Å². The number of rotatable bonds is 4. The SMILES string of the molecule is O=Cc1cccc(CCCCl)c1Br. The first-order valence-corrected chi connectivity index (χ1v) is 5.41. The first-order chi connectivity index (χ1) is 6.29. The molecule has 0 saturated heterocycles. The third-order valence-electron chi connectivity index (χ3n) is 1.82. The van der Waals surface area contributed by atoms with Crippen molar-refractivity contribution in [1.29, 1.82) is 0 Å². The summed E-state index contributed by atoms with van der Waals surface area (Å²) in [7, 11) is 0. The monoisotopic (exact) mass is 260 g/mol. The van der Waals surface area contributed by atoms with E-state index in [4.69, 9.17) is 11.6 Å². The summed E-state index contributed by atoms with van der Waals surface area (Å²) in [6, 6.07) is 5.68. The Hall–Kier alpha value is -0.340. The summed E-state index contributed by atoms with van der Waals surface area (Å²) >= 11 is 8.99. The van der Waals surface area contributed by atoms with Crippen LogP contribution in [0, 0.1) is 0 Å². The number of hydrogen-bond donors (Lipinski definition) is 0. The summed E-state index contributed by atoms with van der Waals surface area (Å²) in [6.07, 6.45) is 2.70. The molecule has 0 aliphatic heterocycles. The summed E-state index contributed by atoms with van der Waals surface area (Å²) in [5.74, 6) is 0.651. The molecule has 1 aromatic carbocycles. The highest BCUT2D eigenvalue weighted by atomic mass is 79.9. The topological polar surface area (TPSA) is 17.1 Å². The Bertz CT molecular complexity index is 299. The summed E-state index contributed by atoms with van der Waals surface area (Å²) in [6.45, 7) is 0. The predicted molar refractivity (Wildman–Crippen MR) is 58.6 cm³/mol. The Kier molecular flexibility index (Phi) is 4.46. The van der Waals surface area contributed by atoms with Gasteiger partial charge in [0.2, 0.25) is 0 Å². The van der Waals surface area contributed by atoms with Crippen molar-refractivity contribution in [2.75, 3.05) is 5.88 Å². The van der Waals surface area contributed by atoms with Crippen molar-refractivity contribution in [2.45, 2.75) is 12.8 Å². The molecule has 0 heterocycles. The van der Waals surface area contributed by atoms with Crippen LogP contribution in [0.1, 0.15) is 22.3 Å². The molecule has 0 N–H and O–H groups in total. The molecule has 0 atom stereocenters. The van der Waals surface area contributed by atoms with Crippen LogP contribution in [0.25, 0.3) is 0 Å². The highest BCUT2D eigenvalue weighted by Crippen LogP contribution is 2.21. The molecule has 0 aromatic heterocycles. The van der Waals surface area contributed by atoms with Gasteiger partial charge in [-0.05, 0) is 34.3 Å². The maximum Gasteiger partial charge on any atom is 0.151 e.